The molecule has 12 nitrogen and oxygen atoms in total. The number of benzene rings is 1. The summed E-state index contributed by atoms with van der Waals surface area (Å²) in [5.41, 5.74) is -1.07. The predicted octanol–water partition coefficient (Wildman–Crippen LogP) is -0.271. The molecule has 0 bridgehead atoms. The third-order valence-corrected chi connectivity index (χ3v) is 5.44. The summed E-state index contributed by atoms with van der Waals surface area (Å²) >= 11 is 1.63. The standard InChI is InChI=1S/C14H20N2O10S2/c17-3-8(4-18)26-7-28-14-2-13(27-6-12(21)11(20)5-19)9(15(22)23)1-10(14)16(24)25/h1-2,8,11-12,17-21H,3-7H2. The summed E-state index contributed by atoms with van der Waals surface area (Å²) in [4.78, 5) is 21.0. The van der Waals surface area contributed by atoms with Gasteiger partial charge in [0.05, 0.1) is 57.6 Å². The van der Waals surface area contributed by atoms with Crippen LogP contribution in [0.3, 0.4) is 0 Å². The lowest BCUT2D eigenvalue weighted by atomic mass is 10.2. The molecule has 158 valence electrons. The van der Waals surface area contributed by atoms with E-state index >= 15 is 0 Å². The van der Waals surface area contributed by atoms with Gasteiger partial charge in [0.25, 0.3) is 11.4 Å². The summed E-state index contributed by atoms with van der Waals surface area (Å²) in [6.45, 7) is -1.60. The predicted molar refractivity (Wildman–Crippen MR) is 99.3 cm³/mol. The lowest BCUT2D eigenvalue weighted by Crippen LogP contribution is -2.31. The molecule has 0 radical (unpaired) electrons. The van der Waals surface area contributed by atoms with E-state index in [0.717, 1.165) is 29.6 Å². The Morgan fingerprint density at radius 3 is 1.89 bits per heavy atom. The molecule has 0 aromatic heterocycles. The van der Waals surface area contributed by atoms with Gasteiger partial charge in [-0.2, -0.15) is 0 Å². The third-order valence-electron chi connectivity index (χ3n) is 3.40. The molecule has 0 spiro atoms. The topological polar surface area (TPSA) is 197 Å². The van der Waals surface area contributed by atoms with Crippen LogP contribution in [0.25, 0.3) is 0 Å². The summed E-state index contributed by atoms with van der Waals surface area (Å²) in [5, 5.41) is 68.3. The molecule has 0 aliphatic rings. The van der Waals surface area contributed by atoms with E-state index in [2.05, 4.69) is 0 Å². The molecule has 0 saturated heterocycles. The van der Waals surface area contributed by atoms with E-state index in [9.17, 15) is 30.4 Å². The van der Waals surface area contributed by atoms with Crippen LogP contribution in [-0.4, -0.2) is 85.2 Å². The Balaban J connectivity index is 3.09. The van der Waals surface area contributed by atoms with Gasteiger partial charge in [0.15, 0.2) is 0 Å². The third kappa shape index (κ3) is 7.14. The minimum atomic E-state index is -1.43. The first kappa shape index (κ1) is 24.5. The van der Waals surface area contributed by atoms with Crippen LogP contribution in [0.1, 0.15) is 0 Å². The molecular formula is C14H20N2O10S2. The molecular weight excluding hydrogens is 420 g/mol. The van der Waals surface area contributed by atoms with Crippen LogP contribution < -0.4 is 0 Å². The largest absolute Gasteiger partial charge is 0.394 e. The summed E-state index contributed by atoms with van der Waals surface area (Å²) in [6.07, 6.45) is -3.66. The number of rotatable bonds is 13. The summed E-state index contributed by atoms with van der Waals surface area (Å²) in [6, 6.07) is 1.98. The van der Waals surface area contributed by atoms with E-state index in [1.165, 1.54) is 6.07 Å². The number of ether oxygens (including phenoxy) is 1. The van der Waals surface area contributed by atoms with E-state index < -0.39 is 59.4 Å². The van der Waals surface area contributed by atoms with Crippen molar-refractivity contribution in [1.29, 1.82) is 0 Å². The zero-order valence-electron chi connectivity index (χ0n) is 14.4. The SMILES string of the molecule is O=[N+]([O-])c1cc([N+](=O)[O-])c(SCC(O)C(O)CO)cc1SCOC(CO)CO. The number of hydrogen-bond donors (Lipinski definition) is 5. The van der Waals surface area contributed by atoms with Crippen LogP contribution in [0.5, 0.6) is 0 Å². The maximum absolute atomic E-state index is 11.3. The van der Waals surface area contributed by atoms with Crippen molar-refractivity contribution >= 4 is 34.9 Å². The molecule has 1 rings (SSSR count). The van der Waals surface area contributed by atoms with Crippen molar-refractivity contribution in [3.63, 3.8) is 0 Å². The Morgan fingerprint density at radius 1 is 0.893 bits per heavy atom. The van der Waals surface area contributed by atoms with Gasteiger partial charge in [0, 0.05) is 5.75 Å². The Morgan fingerprint density at radius 2 is 1.43 bits per heavy atom. The van der Waals surface area contributed by atoms with E-state index in [1.807, 2.05) is 0 Å². The molecule has 28 heavy (non-hydrogen) atoms. The Labute approximate surface area is 167 Å². The van der Waals surface area contributed by atoms with Crippen molar-refractivity contribution in [2.75, 3.05) is 31.5 Å². The van der Waals surface area contributed by atoms with Crippen LogP contribution in [0, 0.1) is 20.2 Å². The van der Waals surface area contributed by atoms with Gasteiger partial charge in [-0.25, -0.2) is 0 Å². The molecule has 0 fully saturated rings. The van der Waals surface area contributed by atoms with Gasteiger partial charge >= 0.3 is 0 Å². The van der Waals surface area contributed by atoms with Gasteiger partial charge in [0.1, 0.15) is 12.2 Å². The minimum absolute atomic E-state index is 0.0168. The zero-order chi connectivity index (χ0) is 21.3. The summed E-state index contributed by atoms with van der Waals surface area (Å²) < 4.78 is 5.14. The highest BCUT2D eigenvalue weighted by atomic mass is 32.2. The van der Waals surface area contributed by atoms with Gasteiger partial charge in [-0.05, 0) is 6.07 Å². The maximum atomic E-state index is 11.3. The fourth-order valence-electron chi connectivity index (χ4n) is 1.82. The van der Waals surface area contributed by atoms with Crippen molar-refractivity contribution in [3.05, 3.63) is 32.4 Å². The van der Waals surface area contributed by atoms with Crippen LogP contribution in [0.4, 0.5) is 11.4 Å². The molecule has 0 saturated carbocycles. The van der Waals surface area contributed by atoms with Crippen LogP contribution >= 0.6 is 23.5 Å². The van der Waals surface area contributed by atoms with E-state index in [1.54, 1.807) is 0 Å². The second-order valence-corrected chi connectivity index (χ2v) is 7.37. The van der Waals surface area contributed by atoms with E-state index in [4.69, 9.17) is 20.1 Å². The lowest BCUT2D eigenvalue weighted by molar-refractivity contribution is -0.397. The highest BCUT2D eigenvalue weighted by molar-refractivity contribution is 8.00. The lowest BCUT2D eigenvalue weighted by Gasteiger charge is -2.15. The smallest absolute Gasteiger partial charge is 0.289 e. The molecule has 0 amide bonds. The molecule has 0 heterocycles. The van der Waals surface area contributed by atoms with E-state index in [0.29, 0.717) is 0 Å². The van der Waals surface area contributed by atoms with Crippen molar-refractivity contribution in [2.45, 2.75) is 28.1 Å². The normalized spacial score (nSPS) is 13.5. The minimum Gasteiger partial charge on any atom is -0.394 e. The number of nitro groups is 2. The Kier molecular flexibility index (Phi) is 10.6. The number of nitrogens with zero attached hydrogens (tertiary/aromatic N) is 2. The van der Waals surface area contributed by atoms with Gasteiger partial charge < -0.3 is 30.3 Å². The molecule has 0 aliphatic heterocycles. The van der Waals surface area contributed by atoms with Crippen LogP contribution in [0.15, 0.2) is 21.9 Å². The van der Waals surface area contributed by atoms with Crippen molar-refractivity contribution in [2.24, 2.45) is 0 Å². The molecule has 1 aromatic rings. The maximum Gasteiger partial charge on any atom is 0.289 e. The van der Waals surface area contributed by atoms with Gasteiger partial charge in [0.2, 0.25) is 0 Å². The Hall–Kier alpha value is -1.52. The van der Waals surface area contributed by atoms with Gasteiger partial charge in [-0.3, -0.25) is 20.2 Å². The number of aliphatic hydroxyl groups excluding tert-OH is 5. The quantitative estimate of drug-likeness (QED) is 0.117. The molecule has 2 unspecified atom stereocenters. The second kappa shape index (κ2) is 12.1. The van der Waals surface area contributed by atoms with Gasteiger partial charge in [-0.15, -0.1) is 11.8 Å². The zero-order valence-corrected chi connectivity index (χ0v) is 16.0. The van der Waals surface area contributed by atoms with E-state index in [-0.39, 0.29) is 21.5 Å². The fraction of sp³-hybridized carbons (Fsp3) is 0.571. The average Bonchev–Trinajstić information content (AvgIpc) is 2.68. The first-order chi connectivity index (χ1) is 13.2. The van der Waals surface area contributed by atoms with Crippen molar-refractivity contribution < 1.29 is 40.1 Å². The first-order valence-corrected chi connectivity index (χ1v) is 9.74. The average molecular weight is 440 g/mol. The van der Waals surface area contributed by atoms with Crippen molar-refractivity contribution in [1.82, 2.24) is 0 Å². The van der Waals surface area contributed by atoms with Crippen molar-refractivity contribution in [3.8, 4) is 0 Å². The number of hydrogen-bond acceptors (Lipinski definition) is 12. The second-order valence-electron chi connectivity index (χ2n) is 5.35. The molecule has 0 aliphatic carbocycles. The highest BCUT2D eigenvalue weighted by Gasteiger charge is 2.26. The highest BCUT2D eigenvalue weighted by Crippen LogP contribution is 2.40. The molecule has 5 N–H and O–H groups in total. The first-order valence-electron chi connectivity index (χ1n) is 7.77. The summed E-state index contributed by atoms with van der Waals surface area (Å²) in [7, 11) is 0. The summed E-state index contributed by atoms with van der Waals surface area (Å²) in [5.74, 6) is -0.363. The fourth-order valence-corrected chi connectivity index (χ4v) is 3.82. The number of aliphatic hydroxyl groups is 5. The molecule has 2 atom stereocenters. The number of thioether (sulfide) groups is 2. The Bertz CT molecular complexity index is 674. The molecule has 1 aromatic carbocycles. The molecule has 14 heteroatoms. The van der Waals surface area contributed by atoms with Gasteiger partial charge in [-0.1, -0.05) is 11.8 Å². The van der Waals surface area contributed by atoms with Crippen LogP contribution in [0.2, 0.25) is 0 Å². The van der Waals surface area contributed by atoms with Crippen LogP contribution in [-0.2, 0) is 4.74 Å². The monoisotopic (exact) mass is 440 g/mol. The number of nitro benzene ring substituents is 2.